The van der Waals surface area contributed by atoms with Crippen molar-refractivity contribution in [2.45, 2.75) is 78.2 Å². The molecule has 3 rings (SSSR count). The highest BCUT2D eigenvalue weighted by Gasteiger charge is 2.44. The lowest BCUT2D eigenvalue weighted by molar-refractivity contribution is -0.0347. The van der Waals surface area contributed by atoms with Crippen LogP contribution in [0, 0.1) is 29.6 Å². The Morgan fingerprint density at radius 2 is 1.78 bits per heavy atom. The normalized spacial score (nSPS) is 38.8. The van der Waals surface area contributed by atoms with Crippen LogP contribution in [-0.2, 0) is 9.47 Å². The SMILES string of the molecule is C=C(OC)C1CCCC1OCCC1CCCC2C(C)CC12.CC. The molecule has 3 fully saturated rings. The Hall–Kier alpha value is -0.500. The van der Waals surface area contributed by atoms with Crippen LogP contribution in [0.25, 0.3) is 0 Å². The van der Waals surface area contributed by atoms with Gasteiger partial charge in [0.25, 0.3) is 0 Å². The fourth-order valence-corrected chi connectivity index (χ4v) is 5.25. The highest BCUT2D eigenvalue weighted by atomic mass is 16.5. The molecule has 2 heteroatoms. The topological polar surface area (TPSA) is 18.5 Å². The van der Waals surface area contributed by atoms with Crippen LogP contribution in [0.2, 0.25) is 0 Å². The summed E-state index contributed by atoms with van der Waals surface area (Å²) >= 11 is 0. The number of ether oxygens (including phenoxy) is 2. The average molecular weight is 323 g/mol. The van der Waals surface area contributed by atoms with Crippen molar-refractivity contribution in [3.05, 3.63) is 12.3 Å². The second-order valence-corrected chi connectivity index (χ2v) is 7.64. The molecule has 0 aliphatic heterocycles. The first kappa shape index (κ1) is 18.8. The predicted octanol–water partition coefficient (Wildman–Crippen LogP) is 5.82. The van der Waals surface area contributed by atoms with Gasteiger partial charge in [0.2, 0.25) is 0 Å². The molecule has 0 bridgehead atoms. The van der Waals surface area contributed by atoms with E-state index < -0.39 is 0 Å². The second kappa shape index (κ2) is 9.11. The molecule has 0 spiro atoms. The maximum absolute atomic E-state index is 6.23. The molecule has 0 saturated heterocycles. The quantitative estimate of drug-likeness (QED) is 0.574. The third kappa shape index (κ3) is 4.32. The van der Waals surface area contributed by atoms with E-state index in [-0.39, 0.29) is 0 Å². The standard InChI is InChI=1S/C19H32O2.C2H6/c1-13-12-18-15(6-4-7-16(13)18)10-11-21-19-9-5-8-17(19)14(2)20-3;1-2/h13,15-19H,2,4-12H2,1,3H3;1-2H3. The van der Waals surface area contributed by atoms with Crippen molar-refractivity contribution < 1.29 is 9.47 Å². The van der Waals surface area contributed by atoms with Crippen molar-refractivity contribution in [3.8, 4) is 0 Å². The molecular weight excluding hydrogens is 284 g/mol. The third-order valence-electron chi connectivity index (χ3n) is 6.59. The molecule has 0 radical (unpaired) electrons. The van der Waals surface area contributed by atoms with Gasteiger partial charge in [0.15, 0.2) is 0 Å². The molecule has 0 heterocycles. The summed E-state index contributed by atoms with van der Waals surface area (Å²) in [5.74, 6) is 5.33. The van der Waals surface area contributed by atoms with Crippen LogP contribution in [0.1, 0.15) is 72.1 Å². The predicted molar refractivity (Wildman–Crippen MR) is 97.3 cm³/mol. The number of hydrogen-bond acceptors (Lipinski definition) is 2. The molecule has 6 unspecified atom stereocenters. The second-order valence-electron chi connectivity index (χ2n) is 7.64. The van der Waals surface area contributed by atoms with E-state index in [1.807, 2.05) is 13.8 Å². The molecule has 3 aliphatic rings. The Kier molecular flexibility index (Phi) is 7.46. The average Bonchev–Trinajstić information content (AvgIpc) is 3.04. The van der Waals surface area contributed by atoms with Crippen molar-refractivity contribution in [1.82, 2.24) is 0 Å². The largest absolute Gasteiger partial charge is 0.501 e. The fraction of sp³-hybridized carbons (Fsp3) is 0.905. The fourth-order valence-electron chi connectivity index (χ4n) is 5.25. The summed E-state index contributed by atoms with van der Waals surface area (Å²) in [6.07, 6.45) is 11.1. The van der Waals surface area contributed by atoms with Gasteiger partial charge in [0.05, 0.1) is 19.0 Å². The van der Waals surface area contributed by atoms with Crippen LogP contribution < -0.4 is 0 Å². The van der Waals surface area contributed by atoms with Crippen molar-refractivity contribution in [3.63, 3.8) is 0 Å². The van der Waals surface area contributed by atoms with Crippen LogP contribution in [0.15, 0.2) is 12.3 Å². The lowest BCUT2D eigenvalue weighted by Crippen LogP contribution is -2.43. The summed E-state index contributed by atoms with van der Waals surface area (Å²) in [5.41, 5.74) is 0. The molecule has 3 aliphatic carbocycles. The lowest BCUT2D eigenvalue weighted by atomic mass is 9.55. The molecule has 23 heavy (non-hydrogen) atoms. The molecule has 0 amide bonds. The minimum Gasteiger partial charge on any atom is -0.501 e. The number of hydrogen-bond donors (Lipinski definition) is 0. The lowest BCUT2D eigenvalue weighted by Gasteiger charge is -2.51. The summed E-state index contributed by atoms with van der Waals surface area (Å²) in [6, 6.07) is 0. The van der Waals surface area contributed by atoms with Crippen LogP contribution in [0.4, 0.5) is 0 Å². The van der Waals surface area contributed by atoms with Gasteiger partial charge in [-0.25, -0.2) is 0 Å². The van der Waals surface area contributed by atoms with E-state index in [2.05, 4.69) is 13.5 Å². The van der Waals surface area contributed by atoms with Gasteiger partial charge in [-0.3, -0.25) is 0 Å². The first-order chi connectivity index (χ1) is 11.2. The molecule has 0 aromatic heterocycles. The smallest absolute Gasteiger partial charge is 0.0940 e. The third-order valence-corrected chi connectivity index (χ3v) is 6.59. The minimum absolute atomic E-state index is 0.358. The van der Waals surface area contributed by atoms with E-state index in [9.17, 15) is 0 Å². The number of rotatable bonds is 6. The molecule has 0 aromatic carbocycles. The maximum Gasteiger partial charge on any atom is 0.0940 e. The first-order valence-corrected chi connectivity index (χ1v) is 10.0. The molecule has 6 atom stereocenters. The maximum atomic E-state index is 6.23. The van der Waals surface area contributed by atoms with Gasteiger partial charge in [-0.15, -0.1) is 0 Å². The van der Waals surface area contributed by atoms with Crippen LogP contribution >= 0.6 is 0 Å². The van der Waals surface area contributed by atoms with Crippen molar-refractivity contribution in [2.75, 3.05) is 13.7 Å². The Bertz CT molecular complexity index is 365. The molecule has 3 saturated carbocycles. The van der Waals surface area contributed by atoms with Gasteiger partial charge in [0, 0.05) is 12.5 Å². The highest BCUT2D eigenvalue weighted by molar-refractivity contribution is 4.99. The van der Waals surface area contributed by atoms with Gasteiger partial charge in [-0.05, 0) is 55.8 Å². The minimum atomic E-state index is 0.358. The first-order valence-electron chi connectivity index (χ1n) is 10.0. The van der Waals surface area contributed by atoms with Gasteiger partial charge >= 0.3 is 0 Å². The molecular formula is C21H38O2. The van der Waals surface area contributed by atoms with Crippen LogP contribution in [-0.4, -0.2) is 19.8 Å². The Morgan fingerprint density at radius 3 is 2.48 bits per heavy atom. The van der Waals surface area contributed by atoms with Gasteiger partial charge in [-0.1, -0.05) is 46.6 Å². The molecule has 0 aromatic rings. The van der Waals surface area contributed by atoms with E-state index in [0.29, 0.717) is 12.0 Å². The zero-order valence-electron chi connectivity index (χ0n) is 15.9. The number of methoxy groups -OCH3 is 1. The molecule has 0 N–H and O–H groups in total. The van der Waals surface area contributed by atoms with Crippen molar-refractivity contribution >= 4 is 0 Å². The van der Waals surface area contributed by atoms with Crippen LogP contribution in [0.5, 0.6) is 0 Å². The van der Waals surface area contributed by atoms with Gasteiger partial charge < -0.3 is 9.47 Å². The van der Waals surface area contributed by atoms with E-state index in [4.69, 9.17) is 9.47 Å². The number of fused-ring (bicyclic) bond motifs is 1. The Labute approximate surface area is 144 Å². The van der Waals surface area contributed by atoms with Gasteiger partial charge in [0.1, 0.15) is 0 Å². The monoisotopic (exact) mass is 322 g/mol. The summed E-state index contributed by atoms with van der Waals surface area (Å²) in [7, 11) is 1.73. The van der Waals surface area contributed by atoms with Gasteiger partial charge in [-0.2, -0.15) is 0 Å². The molecule has 134 valence electrons. The van der Waals surface area contributed by atoms with Crippen molar-refractivity contribution in [1.29, 1.82) is 0 Å². The molecule has 2 nitrogen and oxygen atoms in total. The zero-order chi connectivity index (χ0) is 16.8. The van der Waals surface area contributed by atoms with E-state index in [0.717, 1.165) is 36.0 Å². The summed E-state index contributed by atoms with van der Waals surface area (Å²) in [4.78, 5) is 0. The highest BCUT2D eigenvalue weighted by Crippen LogP contribution is 2.52. The van der Waals surface area contributed by atoms with Crippen LogP contribution in [0.3, 0.4) is 0 Å². The van der Waals surface area contributed by atoms with E-state index >= 15 is 0 Å². The van der Waals surface area contributed by atoms with E-state index in [1.165, 1.54) is 51.4 Å². The summed E-state index contributed by atoms with van der Waals surface area (Å²) in [5, 5.41) is 0. The Morgan fingerprint density at radius 1 is 1.04 bits per heavy atom. The summed E-state index contributed by atoms with van der Waals surface area (Å²) < 4.78 is 11.6. The zero-order valence-corrected chi connectivity index (χ0v) is 15.9. The Balaban J connectivity index is 0.000000924. The van der Waals surface area contributed by atoms with Crippen molar-refractivity contribution in [2.24, 2.45) is 29.6 Å². The summed E-state index contributed by atoms with van der Waals surface area (Å²) in [6.45, 7) is 11.4. The van der Waals surface area contributed by atoms with E-state index in [1.54, 1.807) is 7.11 Å².